The Kier molecular flexibility index (Phi) is 4.91. The Morgan fingerprint density at radius 3 is 2.67 bits per heavy atom. The van der Waals surface area contributed by atoms with E-state index in [1.165, 1.54) is 27.8 Å². The van der Waals surface area contributed by atoms with Gasteiger partial charge in [-0.2, -0.15) is 4.31 Å². The second-order valence-electron chi connectivity index (χ2n) is 5.46. The molecule has 1 aromatic heterocycles. The van der Waals surface area contributed by atoms with Gasteiger partial charge in [-0.25, -0.2) is 13.4 Å². The lowest BCUT2D eigenvalue weighted by Gasteiger charge is -2.17. The molecule has 0 atom stereocenters. The molecule has 1 N–H and O–H groups in total. The van der Waals surface area contributed by atoms with E-state index in [2.05, 4.69) is 10.3 Å². The summed E-state index contributed by atoms with van der Waals surface area (Å²) in [6.45, 7) is 2.80. The molecule has 9 heteroatoms. The van der Waals surface area contributed by atoms with Gasteiger partial charge in [-0.05, 0) is 38.0 Å². The van der Waals surface area contributed by atoms with E-state index < -0.39 is 10.0 Å². The molecule has 1 aromatic carbocycles. The topological polar surface area (TPSA) is 79.4 Å². The number of sulfonamides is 1. The Morgan fingerprint density at radius 2 is 2.04 bits per heavy atom. The Hall–Kier alpha value is -1.48. The molecule has 0 spiro atoms. The highest BCUT2D eigenvalue weighted by Gasteiger charge is 2.29. The van der Waals surface area contributed by atoms with Crippen LogP contribution in [-0.2, 0) is 10.0 Å². The second-order valence-corrected chi connectivity index (χ2v) is 8.84. The molecule has 24 heavy (non-hydrogen) atoms. The maximum Gasteiger partial charge on any atom is 0.275 e. The molecule has 1 aliphatic heterocycles. The van der Waals surface area contributed by atoms with Crippen LogP contribution in [0.1, 0.15) is 28.3 Å². The molecule has 6 nitrogen and oxygen atoms in total. The van der Waals surface area contributed by atoms with E-state index in [0.29, 0.717) is 24.5 Å². The predicted molar refractivity (Wildman–Crippen MR) is 94.2 cm³/mol. The van der Waals surface area contributed by atoms with Crippen molar-refractivity contribution in [1.29, 1.82) is 0 Å². The number of carbonyl (C=O) groups is 1. The number of thiazole rings is 1. The first-order chi connectivity index (χ1) is 11.4. The highest BCUT2D eigenvalue weighted by molar-refractivity contribution is 7.89. The van der Waals surface area contributed by atoms with Crippen molar-refractivity contribution in [2.75, 3.05) is 18.4 Å². The van der Waals surface area contributed by atoms with Gasteiger partial charge in [-0.1, -0.05) is 11.6 Å². The van der Waals surface area contributed by atoms with Crippen molar-refractivity contribution < 1.29 is 13.2 Å². The van der Waals surface area contributed by atoms with Gasteiger partial charge in [0, 0.05) is 24.2 Å². The minimum atomic E-state index is -3.65. The van der Waals surface area contributed by atoms with Crippen molar-refractivity contribution in [3.63, 3.8) is 0 Å². The summed E-state index contributed by atoms with van der Waals surface area (Å²) < 4.78 is 26.8. The number of hydrogen-bond donors (Lipinski definition) is 1. The molecule has 1 aliphatic rings. The number of nitrogens with zero attached hydrogens (tertiary/aromatic N) is 2. The minimum absolute atomic E-state index is 0.0123. The smallest absolute Gasteiger partial charge is 0.275 e. The zero-order valence-corrected chi connectivity index (χ0v) is 15.3. The number of benzene rings is 1. The summed E-state index contributed by atoms with van der Waals surface area (Å²) in [4.78, 5) is 16.3. The molecule has 1 amide bonds. The minimum Gasteiger partial charge on any atom is -0.321 e. The standard InChI is InChI=1S/C15H16ClN3O3S2/c1-10-17-13(9-23-10)15(20)18-11-4-5-12(16)14(8-11)24(21,22)19-6-2-3-7-19/h4-5,8-9H,2-3,6-7H2,1H3,(H,18,20). The molecule has 1 fully saturated rings. The molecule has 0 unspecified atom stereocenters. The monoisotopic (exact) mass is 385 g/mol. The number of rotatable bonds is 4. The molecule has 0 saturated carbocycles. The summed E-state index contributed by atoms with van der Waals surface area (Å²) >= 11 is 7.46. The first kappa shape index (κ1) is 17.3. The molecule has 2 aromatic rings. The third-order valence-electron chi connectivity index (χ3n) is 3.72. The van der Waals surface area contributed by atoms with E-state index >= 15 is 0 Å². The lowest BCUT2D eigenvalue weighted by Crippen LogP contribution is -2.28. The van der Waals surface area contributed by atoms with Crippen LogP contribution in [0.15, 0.2) is 28.5 Å². The quantitative estimate of drug-likeness (QED) is 0.876. The van der Waals surface area contributed by atoms with Crippen molar-refractivity contribution in [2.24, 2.45) is 0 Å². The molecule has 0 bridgehead atoms. The van der Waals surface area contributed by atoms with Crippen LogP contribution in [-0.4, -0.2) is 36.7 Å². The maximum atomic E-state index is 12.7. The van der Waals surface area contributed by atoms with E-state index in [0.717, 1.165) is 17.8 Å². The molecule has 0 aliphatic carbocycles. The molecular weight excluding hydrogens is 370 g/mol. The van der Waals surface area contributed by atoms with Crippen LogP contribution in [0.25, 0.3) is 0 Å². The van der Waals surface area contributed by atoms with Gasteiger partial charge >= 0.3 is 0 Å². The van der Waals surface area contributed by atoms with Gasteiger partial charge in [0.25, 0.3) is 5.91 Å². The Morgan fingerprint density at radius 1 is 1.33 bits per heavy atom. The van der Waals surface area contributed by atoms with Gasteiger partial charge in [0.2, 0.25) is 10.0 Å². The Bertz CT molecular complexity index is 874. The van der Waals surface area contributed by atoms with Gasteiger partial charge in [0.1, 0.15) is 10.6 Å². The molecule has 0 radical (unpaired) electrons. The SMILES string of the molecule is Cc1nc(C(=O)Nc2ccc(Cl)c(S(=O)(=O)N3CCCC3)c2)cs1. The first-order valence-electron chi connectivity index (χ1n) is 7.41. The average molecular weight is 386 g/mol. The Balaban J connectivity index is 1.87. The number of nitrogens with one attached hydrogen (secondary N) is 1. The number of halogens is 1. The zero-order chi connectivity index (χ0) is 17.3. The van der Waals surface area contributed by atoms with Crippen LogP contribution in [0.5, 0.6) is 0 Å². The van der Waals surface area contributed by atoms with Crippen LogP contribution in [0.2, 0.25) is 5.02 Å². The van der Waals surface area contributed by atoms with Crippen molar-refractivity contribution >= 4 is 44.6 Å². The van der Waals surface area contributed by atoms with E-state index in [1.54, 1.807) is 11.4 Å². The van der Waals surface area contributed by atoms with Gasteiger partial charge in [-0.3, -0.25) is 4.79 Å². The lowest BCUT2D eigenvalue weighted by molar-refractivity contribution is 0.102. The van der Waals surface area contributed by atoms with Gasteiger partial charge in [0.05, 0.1) is 10.0 Å². The number of hydrogen-bond acceptors (Lipinski definition) is 5. The fourth-order valence-corrected chi connectivity index (χ4v) is 5.12. The van der Waals surface area contributed by atoms with Crippen LogP contribution in [0.3, 0.4) is 0 Å². The summed E-state index contributed by atoms with van der Waals surface area (Å²) in [5, 5.41) is 5.25. The summed E-state index contributed by atoms with van der Waals surface area (Å²) in [6.07, 6.45) is 1.69. The number of anilines is 1. The number of amides is 1. The molecular formula is C15H16ClN3O3S2. The van der Waals surface area contributed by atoms with Crippen molar-refractivity contribution in [2.45, 2.75) is 24.7 Å². The lowest BCUT2D eigenvalue weighted by atomic mass is 10.3. The largest absolute Gasteiger partial charge is 0.321 e. The van der Waals surface area contributed by atoms with Crippen molar-refractivity contribution in [1.82, 2.24) is 9.29 Å². The van der Waals surface area contributed by atoms with E-state index in [-0.39, 0.29) is 15.8 Å². The zero-order valence-electron chi connectivity index (χ0n) is 13.0. The molecule has 1 saturated heterocycles. The number of aromatic nitrogens is 1. The predicted octanol–water partition coefficient (Wildman–Crippen LogP) is 3.14. The van der Waals surface area contributed by atoms with Crippen LogP contribution >= 0.6 is 22.9 Å². The molecule has 128 valence electrons. The first-order valence-corrected chi connectivity index (χ1v) is 10.1. The average Bonchev–Trinajstić information content (AvgIpc) is 3.20. The summed E-state index contributed by atoms with van der Waals surface area (Å²) in [6, 6.07) is 4.45. The third kappa shape index (κ3) is 3.46. The maximum absolute atomic E-state index is 12.7. The summed E-state index contributed by atoms with van der Waals surface area (Å²) in [5.74, 6) is -0.383. The van der Waals surface area contributed by atoms with E-state index in [9.17, 15) is 13.2 Å². The van der Waals surface area contributed by atoms with Gasteiger partial charge in [-0.15, -0.1) is 11.3 Å². The van der Waals surface area contributed by atoms with E-state index in [1.807, 2.05) is 6.92 Å². The van der Waals surface area contributed by atoms with Crippen LogP contribution in [0, 0.1) is 6.92 Å². The fourth-order valence-electron chi connectivity index (χ4n) is 2.51. The number of carbonyl (C=O) groups excluding carboxylic acids is 1. The normalized spacial score (nSPS) is 15.6. The number of aryl methyl sites for hydroxylation is 1. The van der Waals surface area contributed by atoms with Crippen molar-refractivity contribution in [3.8, 4) is 0 Å². The fraction of sp³-hybridized carbons (Fsp3) is 0.333. The highest BCUT2D eigenvalue weighted by Crippen LogP contribution is 2.29. The highest BCUT2D eigenvalue weighted by atomic mass is 35.5. The molecule has 2 heterocycles. The van der Waals surface area contributed by atoms with Crippen LogP contribution < -0.4 is 5.32 Å². The molecule has 3 rings (SSSR count). The summed E-state index contributed by atoms with van der Waals surface area (Å²) in [5.41, 5.74) is 0.671. The van der Waals surface area contributed by atoms with Gasteiger partial charge < -0.3 is 5.32 Å². The second kappa shape index (κ2) is 6.79. The van der Waals surface area contributed by atoms with Crippen LogP contribution in [0.4, 0.5) is 5.69 Å². The van der Waals surface area contributed by atoms with E-state index in [4.69, 9.17) is 11.6 Å². The third-order valence-corrected chi connectivity index (χ3v) is 6.88. The van der Waals surface area contributed by atoms with Gasteiger partial charge in [0.15, 0.2) is 0 Å². The summed E-state index contributed by atoms with van der Waals surface area (Å²) in [7, 11) is -3.65. The van der Waals surface area contributed by atoms with Crippen molar-refractivity contribution in [3.05, 3.63) is 39.3 Å². The Labute approximate surface area is 149 Å².